The van der Waals surface area contributed by atoms with Crippen molar-refractivity contribution in [3.63, 3.8) is 0 Å². The molecule has 0 radical (unpaired) electrons. The van der Waals surface area contributed by atoms with Crippen LogP contribution in [0.15, 0.2) is 0 Å². The predicted molar refractivity (Wildman–Crippen MR) is 59.3 cm³/mol. The molecule has 14 heavy (non-hydrogen) atoms. The second kappa shape index (κ2) is 3.52. The van der Waals surface area contributed by atoms with Crippen molar-refractivity contribution in [2.75, 3.05) is 6.61 Å². The maximum atomic E-state index is 5.94. The fourth-order valence-corrected chi connectivity index (χ4v) is 3.16. The van der Waals surface area contributed by atoms with E-state index in [9.17, 15) is 0 Å². The van der Waals surface area contributed by atoms with E-state index in [1.807, 2.05) is 0 Å². The average Bonchev–Trinajstić information content (AvgIpc) is 2.53. The van der Waals surface area contributed by atoms with Gasteiger partial charge in [0.05, 0.1) is 5.60 Å². The summed E-state index contributed by atoms with van der Waals surface area (Å²) in [4.78, 5) is 0. The van der Waals surface area contributed by atoms with Crippen LogP contribution in [0.5, 0.6) is 0 Å². The maximum absolute atomic E-state index is 5.94. The zero-order valence-electron chi connectivity index (χ0n) is 9.94. The largest absolute Gasteiger partial charge is 0.375 e. The number of hydrogen-bond acceptors (Lipinski definition) is 1. The summed E-state index contributed by atoms with van der Waals surface area (Å²) in [7, 11) is 0. The Morgan fingerprint density at radius 3 is 2.14 bits per heavy atom. The lowest BCUT2D eigenvalue weighted by atomic mass is 9.68. The molecule has 1 saturated heterocycles. The second-order valence-corrected chi connectivity index (χ2v) is 6.28. The number of ether oxygens (including phenoxy) is 1. The standard InChI is InChI=1S/C13H24O/c1-12(2,3)11-5-8-13(9-6-11)7-4-10-14-13/h11H,4-10H2,1-3H3. The highest BCUT2D eigenvalue weighted by Crippen LogP contribution is 2.46. The van der Waals surface area contributed by atoms with Crippen LogP contribution >= 0.6 is 0 Å². The lowest BCUT2D eigenvalue weighted by molar-refractivity contribution is -0.0463. The van der Waals surface area contributed by atoms with Crippen LogP contribution in [0, 0.1) is 11.3 Å². The zero-order chi connectivity index (χ0) is 10.2. The summed E-state index contributed by atoms with van der Waals surface area (Å²) in [5.74, 6) is 0.914. The van der Waals surface area contributed by atoms with E-state index >= 15 is 0 Å². The Balaban J connectivity index is 1.92. The Morgan fingerprint density at radius 1 is 1.07 bits per heavy atom. The van der Waals surface area contributed by atoms with E-state index in [2.05, 4.69) is 20.8 Å². The van der Waals surface area contributed by atoms with Gasteiger partial charge < -0.3 is 4.74 Å². The number of hydrogen-bond donors (Lipinski definition) is 0. The van der Waals surface area contributed by atoms with E-state index < -0.39 is 0 Å². The topological polar surface area (TPSA) is 9.23 Å². The summed E-state index contributed by atoms with van der Waals surface area (Å²) in [6.45, 7) is 8.15. The lowest BCUT2D eigenvalue weighted by Crippen LogP contribution is -2.36. The van der Waals surface area contributed by atoms with Gasteiger partial charge in [0.1, 0.15) is 0 Å². The van der Waals surface area contributed by atoms with E-state index in [-0.39, 0.29) is 0 Å². The Kier molecular flexibility index (Phi) is 2.63. The van der Waals surface area contributed by atoms with Crippen molar-refractivity contribution in [1.29, 1.82) is 0 Å². The van der Waals surface area contributed by atoms with Gasteiger partial charge in [0.25, 0.3) is 0 Å². The zero-order valence-corrected chi connectivity index (χ0v) is 9.94. The van der Waals surface area contributed by atoms with Crippen molar-refractivity contribution >= 4 is 0 Å². The van der Waals surface area contributed by atoms with Gasteiger partial charge in [-0.3, -0.25) is 0 Å². The van der Waals surface area contributed by atoms with Crippen LogP contribution in [0.2, 0.25) is 0 Å². The molecular formula is C13H24O. The van der Waals surface area contributed by atoms with Crippen LogP contribution in [-0.2, 0) is 4.74 Å². The molecular weight excluding hydrogens is 172 g/mol. The molecule has 1 heterocycles. The minimum Gasteiger partial charge on any atom is -0.375 e. The first kappa shape index (κ1) is 10.5. The van der Waals surface area contributed by atoms with Gasteiger partial charge in [0, 0.05) is 6.61 Å². The van der Waals surface area contributed by atoms with E-state index in [1.54, 1.807) is 0 Å². The molecule has 82 valence electrons. The van der Waals surface area contributed by atoms with Gasteiger partial charge in [0.15, 0.2) is 0 Å². The second-order valence-electron chi connectivity index (χ2n) is 6.28. The van der Waals surface area contributed by atoms with Crippen LogP contribution in [0.25, 0.3) is 0 Å². The minimum atomic E-state index is 0.321. The van der Waals surface area contributed by atoms with Crippen molar-refractivity contribution in [2.24, 2.45) is 11.3 Å². The summed E-state index contributed by atoms with van der Waals surface area (Å²) in [5, 5.41) is 0. The molecule has 1 spiro atoms. The first-order valence-electron chi connectivity index (χ1n) is 6.16. The molecule has 1 aliphatic heterocycles. The van der Waals surface area contributed by atoms with Gasteiger partial charge in [-0.05, 0) is 49.9 Å². The van der Waals surface area contributed by atoms with Crippen LogP contribution in [0.4, 0.5) is 0 Å². The Bertz CT molecular complexity index is 186. The third kappa shape index (κ3) is 1.98. The molecule has 0 aromatic carbocycles. The summed E-state index contributed by atoms with van der Waals surface area (Å²) in [5.41, 5.74) is 0.821. The van der Waals surface area contributed by atoms with Crippen molar-refractivity contribution in [2.45, 2.75) is 64.9 Å². The summed E-state index contributed by atoms with van der Waals surface area (Å²) >= 11 is 0. The van der Waals surface area contributed by atoms with Crippen LogP contribution in [0.1, 0.15) is 59.3 Å². The third-order valence-corrected chi connectivity index (χ3v) is 4.31. The third-order valence-electron chi connectivity index (χ3n) is 4.31. The fraction of sp³-hybridized carbons (Fsp3) is 1.00. The molecule has 0 unspecified atom stereocenters. The van der Waals surface area contributed by atoms with Gasteiger partial charge >= 0.3 is 0 Å². The van der Waals surface area contributed by atoms with E-state index in [4.69, 9.17) is 4.74 Å². The number of rotatable bonds is 0. The molecule has 2 fully saturated rings. The molecule has 1 heteroatoms. The summed E-state index contributed by atoms with van der Waals surface area (Å²) < 4.78 is 5.94. The first-order valence-corrected chi connectivity index (χ1v) is 6.16. The molecule has 0 aromatic rings. The molecule has 2 rings (SSSR count). The Labute approximate surface area is 88.2 Å². The SMILES string of the molecule is CC(C)(C)C1CCC2(CCCO2)CC1. The van der Waals surface area contributed by atoms with Gasteiger partial charge in [-0.2, -0.15) is 0 Å². The van der Waals surface area contributed by atoms with Gasteiger partial charge in [-0.1, -0.05) is 20.8 Å². The molecule has 0 aromatic heterocycles. The van der Waals surface area contributed by atoms with Crippen LogP contribution < -0.4 is 0 Å². The summed E-state index contributed by atoms with van der Waals surface area (Å²) in [6.07, 6.45) is 8.00. The van der Waals surface area contributed by atoms with Crippen molar-refractivity contribution < 1.29 is 4.74 Å². The monoisotopic (exact) mass is 196 g/mol. The van der Waals surface area contributed by atoms with E-state index in [0.29, 0.717) is 11.0 Å². The minimum absolute atomic E-state index is 0.321. The molecule has 1 aliphatic carbocycles. The Hall–Kier alpha value is -0.0400. The Morgan fingerprint density at radius 2 is 1.71 bits per heavy atom. The van der Waals surface area contributed by atoms with Gasteiger partial charge in [-0.15, -0.1) is 0 Å². The maximum Gasteiger partial charge on any atom is 0.0683 e. The molecule has 0 atom stereocenters. The smallest absolute Gasteiger partial charge is 0.0683 e. The van der Waals surface area contributed by atoms with Crippen molar-refractivity contribution in [3.05, 3.63) is 0 Å². The molecule has 0 bridgehead atoms. The van der Waals surface area contributed by atoms with Gasteiger partial charge in [-0.25, -0.2) is 0 Å². The van der Waals surface area contributed by atoms with Crippen molar-refractivity contribution in [1.82, 2.24) is 0 Å². The summed E-state index contributed by atoms with van der Waals surface area (Å²) in [6, 6.07) is 0. The van der Waals surface area contributed by atoms with E-state index in [1.165, 1.54) is 38.5 Å². The molecule has 1 nitrogen and oxygen atoms in total. The molecule has 0 amide bonds. The van der Waals surface area contributed by atoms with Crippen LogP contribution in [-0.4, -0.2) is 12.2 Å². The normalized spacial score (nSPS) is 39.2. The molecule has 0 N–H and O–H groups in total. The lowest BCUT2D eigenvalue weighted by Gasteiger charge is -2.41. The predicted octanol–water partition coefficient (Wildman–Crippen LogP) is 3.77. The van der Waals surface area contributed by atoms with E-state index in [0.717, 1.165) is 12.5 Å². The van der Waals surface area contributed by atoms with Gasteiger partial charge in [0.2, 0.25) is 0 Å². The first-order chi connectivity index (χ1) is 6.52. The molecule has 2 aliphatic rings. The highest BCUT2D eigenvalue weighted by Gasteiger charge is 2.41. The highest BCUT2D eigenvalue weighted by molar-refractivity contribution is 4.92. The molecule has 1 saturated carbocycles. The van der Waals surface area contributed by atoms with Crippen LogP contribution in [0.3, 0.4) is 0 Å². The quantitative estimate of drug-likeness (QED) is 0.573. The average molecular weight is 196 g/mol. The highest BCUT2D eigenvalue weighted by atomic mass is 16.5. The fourth-order valence-electron chi connectivity index (χ4n) is 3.16. The van der Waals surface area contributed by atoms with Crippen molar-refractivity contribution in [3.8, 4) is 0 Å².